The van der Waals surface area contributed by atoms with E-state index in [1.54, 1.807) is 0 Å². The maximum absolute atomic E-state index is 9.00. The molecule has 0 aromatic rings. The Morgan fingerprint density at radius 2 is 0.706 bits per heavy atom. The van der Waals surface area contributed by atoms with Crippen LogP contribution in [0.5, 0.6) is 0 Å². The predicted octanol–water partition coefficient (Wildman–Crippen LogP) is -7.77. The molecular weight excluding hydrogens is 319 g/mol. The molecule has 0 heterocycles. The van der Waals surface area contributed by atoms with E-state index in [1.807, 2.05) is 0 Å². The van der Waals surface area contributed by atoms with E-state index >= 15 is 0 Å². The second-order valence-electron chi connectivity index (χ2n) is 1.30. The standard InChI is InChI=1S/CH4N2O.3Mg.2H3O4P/c2-1(3)4;;;;2*1-5(2,3)4/h(H4,2,3,4);;;;2*(H3,1,2,3,4)/q;3*+2;;/p-6. The van der Waals surface area contributed by atoms with Crippen molar-refractivity contribution in [3.05, 3.63) is 0 Å². The van der Waals surface area contributed by atoms with Crippen molar-refractivity contribution in [2.24, 2.45) is 11.5 Å². The van der Waals surface area contributed by atoms with Crippen molar-refractivity contribution in [1.82, 2.24) is 0 Å². The van der Waals surface area contributed by atoms with Crippen molar-refractivity contribution >= 4 is 90.8 Å². The molecule has 0 unspecified atom stereocenters. The molecule has 0 bridgehead atoms. The van der Waals surface area contributed by atoms with Gasteiger partial charge in [-0.2, -0.15) is 15.6 Å². The molecule has 0 spiro atoms. The molecule has 0 rings (SSSR count). The zero-order chi connectivity index (χ0) is 12.6. The summed E-state index contributed by atoms with van der Waals surface area (Å²) in [6.07, 6.45) is 0. The number of primary amides is 2. The van der Waals surface area contributed by atoms with Crippen LogP contribution in [0.4, 0.5) is 4.79 Å². The van der Waals surface area contributed by atoms with E-state index in [0.29, 0.717) is 0 Å². The average molecular weight is 323 g/mol. The van der Waals surface area contributed by atoms with Gasteiger partial charge in [-0.15, -0.1) is 0 Å². The second kappa shape index (κ2) is 17.8. The zero-order valence-corrected chi connectivity index (χ0v) is 14.4. The molecule has 4 N–H and O–H groups in total. The topological polar surface area (TPSA) is 242 Å². The van der Waals surface area contributed by atoms with Crippen LogP contribution in [0.2, 0.25) is 0 Å². The Morgan fingerprint density at radius 1 is 0.706 bits per heavy atom. The van der Waals surface area contributed by atoms with Crippen LogP contribution in [0.1, 0.15) is 0 Å². The summed E-state index contributed by atoms with van der Waals surface area (Å²) in [7, 11) is -10.8. The molecule has 0 aliphatic heterocycles. The van der Waals surface area contributed by atoms with E-state index in [-0.39, 0.29) is 69.2 Å². The summed E-state index contributed by atoms with van der Waals surface area (Å²) < 4.78 is 17.1. The van der Waals surface area contributed by atoms with E-state index < -0.39 is 21.7 Å². The molecule has 88 valence electrons. The third-order valence-corrected chi connectivity index (χ3v) is 0. The van der Waals surface area contributed by atoms with E-state index in [0.717, 1.165) is 0 Å². The molecule has 0 aliphatic rings. The van der Waals surface area contributed by atoms with Crippen molar-refractivity contribution in [1.29, 1.82) is 0 Å². The molecule has 2 amide bonds. The van der Waals surface area contributed by atoms with Crippen molar-refractivity contribution in [3.63, 3.8) is 0 Å². The summed E-state index contributed by atoms with van der Waals surface area (Å²) in [6.45, 7) is 0. The molecule has 0 radical (unpaired) electrons. The van der Waals surface area contributed by atoms with E-state index in [1.165, 1.54) is 0 Å². The number of urea groups is 1. The predicted molar refractivity (Wildman–Crippen MR) is 46.2 cm³/mol. The van der Waals surface area contributed by atoms with Crippen LogP contribution in [0.15, 0.2) is 0 Å². The van der Waals surface area contributed by atoms with Crippen molar-refractivity contribution in [2.45, 2.75) is 0 Å². The number of carbonyl (C=O) groups is 1. The number of amides is 2. The van der Waals surface area contributed by atoms with Gasteiger partial charge in [0.1, 0.15) is 0 Å². The monoisotopic (exact) mass is 322 g/mol. The Labute approximate surface area is 144 Å². The van der Waals surface area contributed by atoms with Gasteiger partial charge in [0.2, 0.25) is 0 Å². The second-order valence-corrected chi connectivity index (χ2v) is 3.09. The molecule has 11 nitrogen and oxygen atoms in total. The number of hydrogen-bond acceptors (Lipinski definition) is 9. The van der Waals surface area contributed by atoms with Crippen molar-refractivity contribution in [2.75, 3.05) is 0 Å². The van der Waals surface area contributed by atoms with Crippen LogP contribution < -0.4 is 40.8 Å². The largest absolute Gasteiger partial charge is 2.00 e. The molecule has 0 aromatic heterocycles. The SMILES string of the molecule is NC(N)=O.O=P([O-])([O-])[O-].O=P([O-])([O-])[O-].[Mg+2].[Mg+2].[Mg+2]. The van der Waals surface area contributed by atoms with Crippen LogP contribution in [-0.2, 0) is 9.13 Å². The Hall–Kier alpha value is 1.79. The van der Waals surface area contributed by atoms with Gasteiger partial charge in [0, 0.05) is 0 Å². The molecule has 16 heteroatoms. The van der Waals surface area contributed by atoms with E-state index in [2.05, 4.69) is 11.5 Å². The maximum Gasteiger partial charge on any atom is 2.00 e. The van der Waals surface area contributed by atoms with Crippen molar-refractivity contribution in [3.8, 4) is 0 Å². The quantitative estimate of drug-likeness (QED) is 0.317. The number of rotatable bonds is 0. The minimum absolute atomic E-state index is 0. The molecule has 0 fully saturated rings. The fraction of sp³-hybridized carbons (Fsp3) is 0. The van der Waals surface area contributed by atoms with Crippen LogP contribution in [0.3, 0.4) is 0 Å². The number of nitrogens with two attached hydrogens (primary N) is 2. The van der Waals surface area contributed by atoms with Gasteiger partial charge >= 0.3 is 75.2 Å². The summed E-state index contributed by atoms with van der Waals surface area (Å²) >= 11 is 0. The van der Waals surface area contributed by atoms with Gasteiger partial charge in [-0.1, -0.05) is 0 Å². The third kappa shape index (κ3) is 1390. The first-order valence-electron chi connectivity index (χ1n) is 2.24. The Kier molecular flexibility index (Phi) is 38.0. The molecule has 0 saturated carbocycles. The first-order valence-corrected chi connectivity index (χ1v) is 5.16. The number of hydrogen-bond donors (Lipinski definition) is 2. The van der Waals surface area contributed by atoms with Crippen molar-refractivity contribution < 1.29 is 43.3 Å². The molecular formula is CH4Mg3N2O9P2. The summed E-state index contributed by atoms with van der Waals surface area (Å²) in [4.78, 5) is 60.3. The average Bonchev–Trinajstić information content (AvgIpc) is 1.45. The zero-order valence-electron chi connectivity index (χ0n) is 8.34. The first-order chi connectivity index (χ1) is 5.73. The fourth-order valence-corrected chi connectivity index (χ4v) is 0. The Balaban J connectivity index is -0.0000000247. The van der Waals surface area contributed by atoms with Crippen LogP contribution in [-0.4, -0.2) is 75.2 Å². The maximum atomic E-state index is 9.00. The summed E-state index contributed by atoms with van der Waals surface area (Å²) in [5.41, 5.74) is 8.50. The summed E-state index contributed by atoms with van der Waals surface area (Å²) in [5.74, 6) is 0. The van der Waals surface area contributed by atoms with Gasteiger partial charge < -0.3 is 50.0 Å². The van der Waals surface area contributed by atoms with E-state index in [9.17, 15) is 0 Å². The Bertz CT molecular complexity index is 208. The number of carbonyl (C=O) groups excluding carboxylic acids is 1. The normalized spacial score (nSPS) is 8.35. The minimum Gasteiger partial charge on any atom is -0.822 e. The summed E-state index contributed by atoms with van der Waals surface area (Å²) in [5, 5.41) is 0. The van der Waals surface area contributed by atoms with Gasteiger partial charge in [0.25, 0.3) is 0 Å². The van der Waals surface area contributed by atoms with Gasteiger partial charge in [0.15, 0.2) is 0 Å². The van der Waals surface area contributed by atoms with Crippen LogP contribution >= 0.6 is 15.6 Å². The van der Waals surface area contributed by atoms with Crippen LogP contribution in [0.25, 0.3) is 0 Å². The van der Waals surface area contributed by atoms with Gasteiger partial charge in [-0.3, -0.25) is 0 Å². The Morgan fingerprint density at radius 3 is 0.706 bits per heavy atom. The number of phosphoric acid groups is 2. The smallest absolute Gasteiger partial charge is 0.822 e. The van der Waals surface area contributed by atoms with Gasteiger partial charge in [0.05, 0.1) is 0 Å². The van der Waals surface area contributed by atoms with Crippen LogP contribution in [0, 0.1) is 0 Å². The fourth-order valence-electron chi connectivity index (χ4n) is 0. The van der Waals surface area contributed by atoms with Gasteiger partial charge in [-0.05, 0) is 0 Å². The summed E-state index contributed by atoms with van der Waals surface area (Å²) in [6, 6.07) is -0.833. The van der Waals surface area contributed by atoms with Gasteiger partial charge in [-0.25, -0.2) is 4.79 Å². The first kappa shape index (κ1) is 36.4. The third-order valence-electron chi connectivity index (χ3n) is 0. The molecule has 17 heavy (non-hydrogen) atoms. The molecule has 0 aliphatic carbocycles. The van der Waals surface area contributed by atoms with E-state index in [4.69, 9.17) is 43.3 Å². The molecule has 0 saturated heterocycles. The molecule has 0 atom stereocenters. The minimum atomic E-state index is -5.39. The molecule has 0 aromatic carbocycles.